The highest BCUT2D eigenvalue weighted by Gasteiger charge is 2.16. The fourth-order valence-corrected chi connectivity index (χ4v) is 2.67. The molecule has 5 heteroatoms. The number of nitrogens with zero attached hydrogens (tertiary/aromatic N) is 2. The van der Waals surface area contributed by atoms with Gasteiger partial charge in [-0.25, -0.2) is 0 Å². The molecule has 4 nitrogen and oxygen atoms in total. The van der Waals surface area contributed by atoms with E-state index in [9.17, 15) is 4.79 Å². The second-order valence-corrected chi connectivity index (χ2v) is 5.37. The molecular weight excluding hydrogens is 284 g/mol. The summed E-state index contributed by atoms with van der Waals surface area (Å²) < 4.78 is 0. The van der Waals surface area contributed by atoms with Crippen molar-refractivity contribution in [2.45, 2.75) is 6.42 Å². The van der Waals surface area contributed by atoms with Gasteiger partial charge >= 0.3 is 0 Å². The first-order valence-corrected chi connectivity index (χ1v) is 7.42. The van der Waals surface area contributed by atoms with Gasteiger partial charge in [0.1, 0.15) is 11.5 Å². The van der Waals surface area contributed by atoms with Crippen molar-refractivity contribution in [2.75, 3.05) is 20.2 Å². The minimum atomic E-state index is -0.207. The number of aliphatic hydroxyl groups is 1. The zero-order chi connectivity index (χ0) is 15.1. The quantitative estimate of drug-likeness (QED) is 0.876. The lowest BCUT2D eigenvalue weighted by molar-refractivity contribution is 0.0801. The predicted octanol–water partition coefficient (Wildman–Crippen LogP) is 1.80. The Morgan fingerprint density at radius 3 is 2.86 bits per heavy atom. The van der Waals surface area contributed by atoms with Gasteiger partial charge in [0, 0.05) is 31.5 Å². The van der Waals surface area contributed by atoms with Crippen LogP contribution in [0.5, 0.6) is 0 Å². The van der Waals surface area contributed by atoms with Gasteiger partial charge in [0.15, 0.2) is 0 Å². The maximum absolute atomic E-state index is 12.4. The van der Waals surface area contributed by atoms with Crippen LogP contribution in [0.3, 0.4) is 0 Å². The number of amides is 1. The molecule has 0 saturated heterocycles. The molecule has 21 heavy (non-hydrogen) atoms. The van der Waals surface area contributed by atoms with Gasteiger partial charge in [-0.05, 0) is 35.6 Å². The number of aromatic nitrogens is 1. The molecule has 2 heterocycles. The lowest BCUT2D eigenvalue weighted by Gasteiger charge is -2.16. The number of pyridine rings is 1. The number of likely N-dealkylation sites (N-methyl/N-ethyl adjacent to an activating group) is 1. The van der Waals surface area contributed by atoms with E-state index in [1.807, 2.05) is 17.5 Å². The number of aliphatic hydroxyl groups excluding tert-OH is 1. The molecule has 0 radical (unpaired) electrons. The second-order valence-electron chi connectivity index (χ2n) is 4.46. The van der Waals surface area contributed by atoms with Crippen LogP contribution < -0.4 is 0 Å². The molecule has 108 valence electrons. The lowest BCUT2D eigenvalue weighted by Crippen LogP contribution is -2.28. The van der Waals surface area contributed by atoms with Crippen LogP contribution in [0.15, 0.2) is 36.0 Å². The Hall–Kier alpha value is -2.16. The lowest BCUT2D eigenvalue weighted by atomic mass is 10.2. The third kappa shape index (κ3) is 4.15. The van der Waals surface area contributed by atoms with E-state index in [1.54, 1.807) is 30.4 Å². The van der Waals surface area contributed by atoms with E-state index in [0.717, 1.165) is 12.0 Å². The predicted molar refractivity (Wildman–Crippen MR) is 83.2 cm³/mol. The highest BCUT2D eigenvalue weighted by molar-refractivity contribution is 7.12. The molecule has 1 amide bonds. The van der Waals surface area contributed by atoms with Crippen molar-refractivity contribution >= 4 is 17.2 Å². The van der Waals surface area contributed by atoms with Gasteiger partial charge in [0.25, 0.3) is 5.91 Å². The summed E-state index contributed by atoms with van der Waals surface area (Å²) in [6.45, 7) is 0.426. The molecule has 0 aliphatic carbocycles. The molecule has 0 fully saturated rings. The first kappa shape index (κ1) is 15.2. The van der Waals surface area contributed by atoms with Gasteiger partial charge in [-0.1, -0.05) is 11.8 Å². The largest absolute Gasteiger partial charge is 0.384 e. The minimum Gasteiger partial charge on any atom is -0.384 e. The Morgan fingerprint density at radius 1 is 1.38 bits per heavy atom. The van der Waals surface area contributed by atoms with Crippen LogP contribution >= 0.6 is 11.3 Å². The number of thiophene rings is 1. The standard InChI is InChI=1S/C16H16N2O2S/c1-18(10-6-13-4-8-17-9-5-13)16(20)15-14(3-2-11-19)7-12-21-15/h4-5,7-9,12,19H,6,10-11H2,1H3. The highest BCUT2D eigenvalue weighted by atomic mass is 32.1. The van der Waals surface area contributed by atoms with Gasteiger partial charge in [0.05, 0.1) is 0 Å². The maximum atomic E-state index is 12.4. The fourth-order valence-electron chi connectivity index (χ4n) is 1.83. The number of carbonyl (C=O) groups excluding carboxylic acids is 1. The molecular formula is C16H16N2O2S. The first-order valence-electron chi connectivity index (χ1n) is 6.54. The summed E-state index contributed by atoms with van der Waals surface area (Å²) in [6.07, 6.45) is 4.28. The average Bonchev–Trinajstić information content (AvgIpc) is 2.99. The van der Waals surface area contributed by atoms with E-state index < -0.39 is 0 Å². The zero-order valence-electron chi connectivity index (χ0n) is 11.7. The van der Waals surface area contributed by atoms with Crippen molar-refractivity contribution in [3.63, 3.8) is 0 Å². The van der Waals surface area contributed by atoms with Crippen molar-refractivity contribution in [1.82, 2.24) is 9.88 Å². The fraction of sp³-hybridized carbons (Fsp3) is 0.250. The van der Waals surface area contributed by atoms with E-state index in [0.29, 0.717) is 17.0 Å². The topological polar surface area (TPSA) is 53.4 Å². The van der Waals surface area contributed by atoms with Crippen molar-refractivity contribution < 1.29 is 9.90 Å². The SMILES string of the molecule is CN(CCc1ccncc1)C(=O)c1sccc1C#CCO. The Balaban J connectivity index is 2.01. The third-order valence-electron chi connectivity index (χ3n) is 2.99. The number of hydrogen-bond acceptors (Lipinski definition) is 4. The molecule has 0 spiro atoms. The number of rotatable bonds is 4. The molecule has 2 aromatic heterocycles. The van der Waals surface area contributed by atoms with Crippen LogP contribution in [0.25, 0.3) is 0 Å². The molecule has 0 saturated carbocycles. The number of carbonyl (C=O) groups is 1. The van der Waals surface area contributed by atoms with Crippen molar-refractivity contribution in [1.29, 1.82) is 0 Å². The second kappa shape index (κ2) is 7.58. The van der Waals surface area contributed by atoms with Gasteiger partial charge in [-0.3, -0.25) is 9.78 Å². The minimum absolute atomic E-state index is 0.0405. The van der Waals surface area contributed by atoms with Crippen molar-refractivity contribution in [3.05, 3.63) is 52.0 Å². The number of hydrogen-bond donors (Lipinski definition) is 1. The molecule has 2 rings (SSSR count). The first-order chi connectivity index (χ1) is 10.2. The van der Waals surface area contributed by atoms with Gasteiger partial charge in [-0.2, -0.15) is 0 Å². The summed E-state index contributed by atoms with van der Waals surface area (Å²) in [4.78, 5) is 18.7. The summed E-state index contributed by atoms with van der Waals surface area (Å²) >= 11 is 1.37. The van der Waals surface area contributed by atoms with E-state index in [-0.39, 0.29) is 12.5 Å². The summed E-state index contributed by atoms with van der Waals surface area (Å²) in [5, 5.41) is 10.6. The summed E-state index contributed by atoms with van der Waals surface area (Å²) in [5.74, 6) is 5.34. The Morgan fingerprint density at radius 2 is 2.14 bits per heavy atom. The van der Waals surface area contributed by atoms with E-state index in [4.69, 9.17) is 5.11 Å². The van der Waals surface area contributed by atoms with Crippen LogP contribution in [0.2, 0.25) is 0 Å². The average molecular weight is 300 g/mol. The Labute approximate surface area is 128 Å². The van der Waals surface area contributed by atoms with Gasteiger partial charge < -0.3 is 10.0 Å². The summed E-state index contributed by atoms with van der Waals surface area (Å²) in [7, 11) is 1.78. The van der Waals surface area contributed by atoms with Crippen molar-refractivity contribution in [2.24, 2.45) is 0 Å². The maximum Gasteiger partial charge on any atom is 0.264 e. The third-order valence-corrected chi connectivity index (χ3v) is 3.90. The van der Waals surface area contributed by atoms with E-state index >= 15 is 0 Å². The molecule has 0 bridgehead atoms. The van der Waals surface area contributed by atoms with Crippen LogP contribution in [-0.2, 0) is 6.42 Å². The van der Waals surface area contributed by atoms with Crippen LogP contribution in [0, 0.1) is 11.8 Å². The zero-order valence-corrected chi connectivity index (χ0v) is 12.6. The normalized spacial score (nSPS) is 9.81. The Bertz CT molecular complexity index is 656. The van der Waals surface area contributed by atoms with Crippen LogP contribution in [0.1, 0.15) is 20.8 Å². The molecule has 0 unspecified atom stereocenters. The van der Waals surface area contributed by atoms with Crippen LogP contribution in [0.4, 0.5) is 0 Å². The van der Waals surface area contributed by atoms with E-state index in [1.165, 1.54) is 11.3 Å². The van der Waals surface area contributed by atoms with Gasteiger partial charge in [0.2, 0.25) is 0 Å². The Kier molecular flexibility index (Phi) is 5.50. The molecule has 0 aliphatic heterocycles. The molecule has 1 N–H and O–H groups in total. The molecule has 0 aliphatic rings. The summed E-state index contributed by atoms with van der Waals surface area (Å²) in [5.41, 5.74) is 1.82. The molecule has 2 aromatic rings. The van der Waals surface area contributed by atoms with E-state index in [2.05, 4.69) is 16.8 Å². The molecule has 0 atom stereocenters. The van der Waals surface area contributed by atoms with Gasteiger partial charge in [-0.15, -0.1) is 11.3 Å². The van der Waals surface area contributed by atoms with Crippen LogP contribution in [-0.4, -0.2) is 41.1 Å². The monoisotopic (exact) mass is 300 g/mol. The highest BCUT2D eigenvalue weighted by Crippen LogP contribution is 2.18. The molecule has 0 aromatic carbocycles. The smallest absolute Gasteiger partial charge is 0.264 e. The van der Waals surface area contributed by atoms with Crippen molar-refractivity contribution in [3.8, 4) is 11.8 Å². The summed E-state index contributed by atoms with van der Waals surface area (Å²) in [6, 6.07) is 5.69.